The minimum Gasteiger partial charge on any atom is -0.508 e. The molecule has 2 aliphatic rings. The summed E-state index contributed by atoms with van der Waals surface area (Å²) in [6.07, 6.45) is 1.70. The molecule has 4 aromatic carbocycles. The van der Waals surface area contributed by atoms with E-state index in [1.807, 2.05) is 12.1 Å². The maximum atomic E-state index is 10.3. The van der Waals surface area contributed by atoms with E-state index in [0.717, 1.165) is 35.1 Å². The zero-order valence-corrected chi connectivity index (χ0v) is 17.7. The number of phenolic OH excluding ortho intramolecular Hbond substituents is 1. The first-order valence-electron chi connectivity index (χ1n) is 10.9. The predicted octanol–water partition coefficient (Wildman–Crippen LogP) is 6.18. The SMILES string of the molecule is C=NC(=NCc1cccc2c1-c1ccccc1C2)c1cccc2c1-c1cccc(O)c1C2. The molecule has 0 unspecified atom stereocenters. The summed E-state index contributed by atoms with van der Waals surface area (Å²) < 4.78 is 0. The van der Waals surface area contributed by atoms with Crippen LogP contribution in [0.2, 0.25) is 0 Å². The Kier molecular flexibility index (Phi) is 4.29. The van der Waals surface area contributed by atoms with Crippen LogP contribution in [0.25, 0.3) is 22.3 Å². The van der Waals surface area contributed by atoms with Gasteiger partial charge in [0, 0.05) is 17.5 Å². The van der Waals surface area contributed by atoms with Crippen LogP contribution in [-0.2, 0) is 19.4 Å². The van der Waals surface area contributed by atoms with E-state index in [4.69, 9.17) is 4.99 Å². The third-order valence-electron chi connectivity index (χ3n) is 6.63. The molecule has 3 heteroatoms. The van der Waals surface area contributed by atoms with E-state index in [-0.39, 0.29) is 0 Å². The summed E-state index contributed by atoms with van der Waals surface area (Å²) >= 11 is 0. The van der Waals surface area contributed by atoms with Gasteiger partial charge in [0.1, 0.15) is 5.75 Å². The van der Waals surface area contributed by atoms with Gasteiger partial charge in [-0.15, -0.1) is 0 Å². The first-order valence-corrected chi connectivity index (χ1v) is 10.9. The molecule has 0 radical (unpaired) electrons. The van der Waals surface area contributed by atoms with Crippen LogP contribution in [0.5, 0.6) is 5.75 Å². The quantitative estimate of drug-likeness (QED) is 0.273. The van der Waals surface area contributed by atoms with Crippen LogP contribution in [0, 0.1) is 0 Å². The molecule has 0 heterocycles. The first kappa shape index (κ1) is 18.8. The summed E-state index contributed by atoms with van der Waals surface area (Å²) in [6, 6.07) is 27.0. The number of rotatable bonds is 3. The highest BCUT2D eigenvalue weighted by Gasteiger charge is 2.25. The van der Waals surface area contributed by atoms with Crippen LogP contribution in [-0.4, -0.2) is 17.7 Å². The second-order valence-corrected chi connectivity index (χ2v) is 8.40. The van der Waals surface area contributed by atoms with Crippen molar-refractivity contribution in [1.29, 1.82) is 0 Å². The van der Waals surface area contributed by atoms with Gasteiger partial charge >= 0.3 is 0 Å². The van der Waals surface area contributed by atoms with Gasteiger partial charge in [0.05, 0.1) is 6.54 Å². The lowest BCUT2D eigenvalue weighted by molar-refractivity contribution is 0.470. The third-order valence-corrected chi connectivity index (χ3v) is 6.63. The van der Waals surface area contributed by atoms with E-state index >= 15 is 0 Å². The molecule has 0 saturated heterocycles. The van der Waals surface area contributed by atoms with Gasteiger partial charge in [-0.25, -0.2) is 4.99 Å². The molecule has 0 spiro atoms. The molecule has 1 N–H and O–H groups in total. The Labute approximate surface area is 187 Å². The smallest absolute Gasteiger partial charge is 0.154 e. The lowest BCUT2D eigenvalue weighted by Gasteiger charge is -2.11. The number of fused-ring (bicyclic) bond motifs is 6. The molecule has 0 saturated carbocycles. The number of aliphatic imine (C=N–C) groups is 2. The molecule has 4 aromatic rings. The molecule has 154 valence electrons. The van der Waals surface area contributed by atoms with Crippen molar-refractivity contribution in [3.05, 3.63) is 112 Å². The number of hydrogen-bond acceptors (Lipinski definition) is 2. The van der Waals surface area contributed by atoms with Gasteiger partial charge in [-0.2, -0.15) is 0 Å². The fourth-order valence-corrected chi connectivity index (χ4v) is 5.22. The molecule has 2 aliphatic carbocycles. The first-order chi connectivity index (χ1) is 15.7. The Morgan fingerprint density at radius 3 is 2.34 bits per heavy atom. The molecule has 0 bridgehead atoms. The van der Waals surface area contributed by atoms with Crippen molar-refractivity contribution in [2.45, 2.75) is 19.4 Å². The van der Waals surface area contributed by atoms with Gasteiger partial charge < -0.3 is 5.11 Å². The molecule has 6 rings (SSSR count). The van der Waals surface area contributed by atoms with Crippen molar-refractivity contribution in [3.8, 4) is 28.0 Å². The van der Waals surface area contributed by atoms with E-state index in [0.29, 0.717) is 18.1 Å². The molecule has 0 atom stereocenters. The number of benzene rings is 4. The van der Waals surface area contributed by atoms with E-state index in [1.165, 1.54) is 33.4 Å². The Morgan fingerprint density at radius 2 is 1.47 bits per heavy atom. The van der Waals surface area contributed by atoms with E-state index < -0.39 is 0 Å². The van der Waals surface area contributed by atoms with Crippen LogP contribution >= 0.6 is 0 Å². The standard InChI is InChI=1S/C29H22N2O/c1-30-29(24-13-5-9-20-16-25-23(28(20)24)12-6-14-26(25)32)31-17-21-10-4-8-19-15-18-7-2-3-11-22(18)27(19)21/h2-14,32H,1,15-17H2. The number of amidine groups is 1. The molecular weight excluding hydrogens is 392 g/mol. The zero-order valence-electron chi connectivity index (χ0n) is 17.7. The lowest BCUT2D eigenvalue weighted by atomic mass is 9.98. The Morgan fingerprint density at radius 1 is 0.750 bits per heavy atom. The largest absolute Gasteiger partial charge is 0.508 e. The van der Waals surface area contributed by atoms with Gasteiger partial charge in [-0.1, -0.05) is 72.8 Å². The van der Waals surface area contributed by atoms with Gasteiger partial charge in [0.15, 0.2) is 5.84 Å². The maximum Gasteiger partial charge on any atom is 0.154 e. The summed E-state index contributed by atoms with van der Waals surface area (Å²) in [7, 11) is 0. The number of aromatic hydroxyl groups is 1. The third kappa shape index (κ3) is 2.82. The number of phenols is 1. The summed E-state index contributed by atoms with van der Waals surface area (Å²) in [5.41, 5.74) is 11.8. The highest BCUT2D eigenvalue weighted by atomic mass is 16.3. The summed E-state index contributed by atoms with van der Waals surface area (Å²) in [5, 5.41) is 10.3. The van der Waals surface area contributed by atoms with Crippen molar-refractivity contribution < 1.29 is 5.11 Å². The highest BCUT2D eigenvalue weighted by molar-refractivity contribution is 6.08. The second kappa shape index (κ2) is 7.31. The summed E-state index contributed by atoms with van der Waals surface area (Å²) in [4.78, 5) is 9.25. The predicted molar refractivity (Wildman–Crippen MR) is 131 cm³/mol. The van der Waals surface area contributed by atoms with E-state index in [9.17, 15) is 5.11 Å². The zero-order chi connectivity index (χ0) is 21.7. The Hall–Kier alpha value is -3.98. The fourth-order valence-electron chi connectivity index (χ4n) is 5.22. The fraction of sp³-hybridized carbons (Fsp3) is 0.103. The van der Waals surface area contributed by atoms with Crippen molar-refractivity contribution in [3.63, 3.8) is 0 Å². The van der Waals surface area contributed by atoms with Crippen LogP contribution < -0.4 is 0 Å². The summed E-state index contributed by atoms with van der Waals surface area (Å²) in [6.45, 7) is 4.37. The monoisotopic (exact) mass is 414 g/mol. The Bertz CT molecular complexity index is 1430. The molecule has 0 amide bonds. The summed E-state index contributed by atoms with van der Waals surface area (Å²) in [5.74, 6) is 0.982. The minimum absolute atomic E-state index is 0.341. The molecule has 0 fully saturated rings. The van der Waals surface area contributed by atoms with Crippen LogP contribution in [0.3, 0.4) is 0 Å². The highest BCUT2D eigenvalue weighted by Crippen LogP contribution is 2.43. The average molecular weight is 415 g/mol. The minimum atomic E-state index is 0.341. The molecule has 0 aliphatic heterocycles. The Balaban J connectivity index is 1.43. The van der Waals surface area contributed by atoms with Gasteiger partial charge in [-0.3, -0.25) is 4.99 Å². The van der Waals surface area contributed by atoms with Gasteiger partial charge in [-0.05, 0) is 63.7 Å². The van der Waals surface area contributed by atoms with E-state index in [2.05, 4.69) is 72.4 Å². The van der Waals surface area contributed by atoms with Gasteiger partial charge in [0.2, 0.25) is 0 Å². The van der Waals surface area contributed by atoms with E-state index in [1.54, 1.807) is 6.07 Å². The van der Waals surface area contributed by atoms with Crippen LogP contribution in [0.1, 0.15) is 33.4 Å². The molecule has 3 nitrogen and oxygen atoms in total. The van der Waals surface area contributed by atoms with Crippen LogP contribution in [0.15, 0.2) is 88.8 Å². The second-order valence-electron chi connectivity index (χ2n) is 8.40. The van der Waals surface area contributed by atoms with Crippen LogP contribution in [0.4, 0.5) is 0 Å². The van der Waals surface area contributed by atoms with Gasteiger partial charge in [0.25, 0.3) is 0 Å². The normalized spacial score (nSPS) is 13.3. The van der Waals surface area contributed by atoms with Crippen molar-refractivity contribution in [1.82, 2.24) is 0 Å². The molecular formula is C29H22N2O. The average Bonchev–Trinajstić information content (AvgIpc) is 3.39. The number of nitrogens with zero attached hydrogens (tertiary/aromatic N) is 2. The topological polar surface area (TPSA) is 45.0 Å². The maximum absolute atomic E-state index is 10.3. The van der Waals surface area contributed by atoms with Crippen molar-refractivity contribution in [2.75, 3.05) is 0 Å². The van der Waals surface area contributed by atoms with Crippen molar-refractivity contribution in [2.24, 2.45) is 9.98 Å². The number of hydrogen-bond donors (Lipinski definition) is 1. The van der Waals surface area contributed by atoms with Crippen molar-refractivity contribution >= 4 is 12.6 Å². The lowest BCUT2D eigenvalue weighted by Crippen LogP contribution is -2.02. The molecule has 0 aromatic heterocycles. The molecule has 32 heavy (non-hydrogen) atoms.